The number of halogens is 1. The van der Waals surface area contributed by atoms with Crippen molar-refractivity contribution in [3.8, 4) is 10.7 Å². The molecule has 2 aromatic heterocycles. The minimum Gasteiger partial charge on any atom is -0.395 e. The van der Waals surface area contributed by atoms with E-state index in [-0.39, 0.29) is 5.69 Å². The first kappa shape index (κ1) is 20.9. The van der Waals surface area contributed by atoms with Gasteiger partial charge in [0.25, 0.3) is 0 Å². The summed E-state index contributed by atoms with van der Waals surface area (Å²) in [5.74, 6) is 0.178. The molecule has 0 unspecified atom stereocenters. The van der Waals surface area contributed by atoms with Crippen molar-refractivity contribution in [2.45, 2.75) is 4.90 Å². The standard InChI is InChI=1S/C19H22FN3O3S2/c1-24-6-7-25-8-9-26-10-11-27-13-2-4-15-17(12-13)28-19(23-15)16-5-3-14(21)18(20)22-16/h2-5,12H,6-11,21H2,1H3. The van der Waals surface area contributed by atoms with Gasteiger partial charge in [-0.05, 0) is 30.3 Å². The first-order chi connectivity index (χ1) is 13.7. The van der Waals surface area contributed by atoms with Crippen LogP contribution in [0.1, 0.15) is 0 Å². The highest BCUT2D eigenvalue weighted by Gasteiger charge is 2.10. The van der Waals surface area contributed by atoms with Gasteiger partial charge in [-0.25, -0.2) is 9.97 Å². The third-order valence-electron chi connectivity index (χ3n) is 3.76. The first-order valence-corrected chi connectivity index (χ1v) is 10.6. The second-order valence-electron chi connectivity index (χ2n) is 5.79. The Morgan fingerprint density at radius 1 is 1.04 bits per heavy atom. The molecule has 3 rings (SSSR count). The van der Waals surface area contributed by atoms with E-state index in [2.05, 4.69) is 16.0 Å². The van der Waals surface area contributed by atoms with Gasteiger partial charge in [0.15, 0.2) is 0 Å². The average molecular weight is 424 g/mol. The van der Waals surface area contributed by atoms with Crippen molar-refractivity contribution in [1.82, 2.24) is 9.97 Å². The van der Waals surface area contributed by atoms with Crippen LogP contribution in [0.15, 0.2) is 35.2 Å². The summed E-state index contributed by atoms with van der Waals surface area (Å²) >= 11 is 3.20. The van der Waals surface area contributed by atoms with Gasteiger partial charge in [0.2, 0.25) is 5.95 Å². The molecule has 6 nitrogen and oxygen atoms in total. The van der Waals surface area contributed by atoms with Gasteiger partial charge < -0.3 is 19.9 Å². The third kappa shape index (κ3) is 5.86. The van der Waals surface area contributed by atoms with Crippen molar-refractivity contribution >= 4 is 39.0 Å². The Balaban J connectivity index is 1.50. The Kier molecular flexibility index (Phi) is 7.99. The lowest BCUT2D eigenvalue weighted by atomic mass is 10.3. The van der Waals surface area contributed by atoms with E-state index in [1.807, 2.05) is 12.1 Å². The lowest BCUT2D eigenvalue weighted by Crippen LogP contribution is -2.09. The summed E-state index contributed by atoms with van der Waals surface area (Å²) in [5, 5.41) is 0.674. The van der Waals surface area contributed by atoms with E-state index in [0.29, 0.717) is 43.7 Å². The summed E-state index contributed by atoms with van der Waals surface area (Å²) in [5.41, 5.74) is 6.88. The van der Waals surface area contributed by atoms with E-state index in [9.17, 15) is 4.39 Å². The smallest absolute Gasteiger partial charge is 0.236 e. The molecule has 150 valence electrons. The largest absolute Gasteiger partial charge is 0.395 e. The number of hydrogen-bond acceptors (Lipinski definition) is 8. The van der Waals surface area contributed by atoms with Crippen LogP contribution >= 0.6 is 23.1 Å². The van der Waals surface area contributed by atoms with E-state index < -0.39 is 5.95 Å². The predicted octanol–water partition coefficient (Wildman–Crippen LogP) is 3.85. The van der Waals surface area contributed by atoms with Crippen molar-refractivity contribution in [2.24, 2.45) is 0 Å². The highest BCUT2D eigenvalue weighted by Crippen LogP contribution is 2.32. The number of rotatable bonds is 11. The molecule has 1 aromatic carbocycles. The van der Waals surface area contributed by atoms with Crippen LogP contribution in [0.4, 0.5) is 10.1 Å². The number of thiazole rings is 1. The van der Waals surface area contributed by atoms with Crippen molar-refractivity contribution < 1.29 is 18.6 Å². The predicted molar refractivity (Wildman–Crippen MR) is 111 cm³/mol. The molecule has 0 saturated carbocycles. The molecule has 0 aliphatic heterocycles. The highest BCUT2D eigenvalue weighted by atomic mass is 32.2. The van der Waals surface area contributed by atoms with Crippen LogP contribution in [-0.2, 0) is 14.2 Å². The number of hydrogen-bond donors (Lipinski definition) is 1. The van der Waals surface area contributed by atoms with E-state index in [4.69, 9.17) is 19.9 Å². The van der Waals surface area contributed by atoms with Gasteiger partial charge in [-0.1, -0.05) is 0 Å². The zero-order valence-corrected chi connectivity index (χ0v) is 17.2. The molecule has 0 bridgehead atoms. The van der Waals surface area contributed by atoms with Crippen molar-refractivity contribution in [3.63, 3.8) is 0 Å². The van der Waals surface area contributed by atoms with Gasteiger partial charge in [0.1, 0.15) is 10.7 Å². The lowest BCUT2D eigenvalue weighted by molar-refractivity contribution is 0.0286. The fraction of sp³-hybridized carbons (Fsp3) is 0.368. The molecule has 28 heavy (non-hydrogen) atoms. The summed E-state index contributed by atoms with van der Waals surface area (Å²) in [4.78, 5) is 9.56. The molecule has 9 heteroatoms. The summed E-state index contributed by atoms with van der Waals surface area (Å²) < 4.78 is 30.4. The number of thioether (sulfide) groups is 1. The Morgan fingerprint density at radius 2 is 1.82 bits per heavy atom. The van der Waals surface area contributed by atoms with Gasteiger partial charge in [-0.15, -0.1) is 23.1 Å². The molecule has 0 fully saturated rings. The van der Waals surface area contributed by atoms with Crippen LogP contribution in [0.5, 0.6) is 0 Å². The van der Waals surface area contributed by atoms with Crippen molar-refractivity contribution in [3.05, 3.63) is 36.3 Å². The number of ether oxygens (including phenoxy) is 3. The van der Waals surface area contributed by atoms with Crippen LogP contribution in [0.3, 0.4) is 0 Å². The Bertz CT molecular complexity index is 907. The maximum absolute atomic E-state index is 13.6. The van der Waals surface area contributed by atoms with Crippen molar-refractivity contribution in [1.29, 1.82) is 0 Å². The van der Waals surface area contributed by atoms with Gasteiger partial charge in [0.05, 0.1) is 48.9 Å². The normalized spacial score (nSPS) is 11.4. The van der Waals surface area contributed by atoms with E-state index >= 15 is 0 Å². The average Bonchev–Trinajstić information content (AvgIpc) is 3.12. The van der Waals surface area contributed by atoms with Gasteiger partial charge in [-0.3, -0.25) is 0 Å². The quantitative estimate of drug-likeness (QED) is 0.285. The third-order valence-corrected chi connectivity index (χ3v) is 5.76. The fourth-order valence-electron chi connectivity index (χ4n) is 2.35. The summed E-state index contributed by atoms with van der Waals surface area (Å²) in [6.45, 7) is 2.99. The fourth-order valence-corrected chi connectivity index (χ4v) is 4.20. The molecule has 0 aliphatic rings. The Hall–Kier alpha value is -1.78. The number of nitrogen functional groups attached to an aromatic ring is 1. The Morgan fingerprint density at radius 3 is 2.61 bits per heavy atom. The maximum atomic E-state index is 13.6. The number of aromatic nitrogens is 2. The molecule has 3 aromatic rings. The highest BCUT2D eigenvalue weighted by molar-refractivity contribution is 7.99. The first-order valence-electron chi connectivity index (χ1n) is 8.77. The van der Waals surface area contributed by atoms with Crippen LogP contribution in [0.2, 0.25) is 0 Å². The zero-order chi connectivity index (χ0) is 19.8. The summed E-state index contributed by atoms with van der Waals surface area (Å²) in [7, 11) is 1.65. The van der Waals surface area contributed by atoms with Crippen LogP contribution in [0, 0.1) is 5.95 Å². The SMILES string of the molecule is COCCOCCOCCSc1ccc2nc(-c3ccc(N)c(F)n3)sc2c1. The van der Waals surface area contributed by atoms with E-state index in [1.165, 1.54) is 17.4 Å². The number of nitrogens with two attached hydrogens (primary N) is 1. The molecule has 0 amide bonds. The summed E-state index contributed by atoms with van der Waals surface area (Å²) in [6.07, 6.45) is 0. The lowest BCUT2D eigenvalue weighted by Gasteiger charge is -2.05. The number of pyridine rings is 1. The van der Waals surface area contributed by atoms with Crippen LogP contribution in [0.25, 0.3) is 20.9 Å². The summed E-state index contributed by atoms with van der Waals surface area (Å²) in [6, 6.07) is 9.27. The molecular formula is C19H22FN3O3S2. The molecule has 2 heterocycles. The van der Waals surface area contributed by atoms with Gasteiger partial charge >= 0.3 is 0 Å². The number of fused-ring (bicyclic) bond motifs is 1. The number of nitrogens with zero attached hydrogens (tertiary/aromatic N) is 2. The maximum Gasteiger partial charge on any atom is 0.236 e. The van der Waals surface area contributed by atoms with Crippen LogP contribution in [-0.4, -0.2) is 55.9 Å². The van der Waals surface area contributed by atoms with Crippen molar-refractivity contribution in [2.75, 3.05) is 51.6 Å². The molecular weight excluding hydrogens is 401 g/mol. The minimum absolute atomic E-state index is 0.0345. The second kappa shape index (κ2) is 10.7. The molecule has 0 radical (unpaired) electrons. The van der Waals surface area contributed by atoms with Gasteiger partial charge in [0, 0.05) is 17.8 Å². The van der Waals surface area contributed by atoms with E-state index in [0.717, 1.165) is 20.9 Å². The monoisotopic (exact) mass is 423 g/mol. The minimum atomic E-state index is -0.669. The molecule has 0 atom stereocenters. The molecule has 0 aliphatic carbocycles. The molecule has 2 N–H and O–H groups in total. The number of anilines is 1. The number of methoxy groups -OCH3 is 1. The Labute approximate surface area is 171 Å². The zero-order valence-electron chi connectivity index (χ0n) is 15.5. The topological polar surface area (TPSA) is 79.5 Å². The second-order valence-corrected chi connectivity index (χ2v) is 7.99. The molecule has 0 spiro atoms. The van der Waals surface area contributed by atoms with Crippen LogP contribution < -0.4 is 5.73 Å². The number of benzene rings is 1. The van der Waals surface area contributed by atoms with Gasteiger partial charge in [-0.2, -0.15) is 4.39 Å². The van der Waals surface area contributed by atoms with E-state index in [1.54, 1.807) is 24.9 Å². The molecule has 0 saturated heterocycles.